The summed E-state index contributed by atoms with van der Waals surface area (Å²) in [5.74, 6) is -1.12. The number of hydrogen-bond acceptors (Lipinski definition) is 3. The van der Waals surface area contributed by atoms with Crippen molar-refractivity contribution in [3.05, 3.63) is 59.2 Å². The topological polar surface area (TPSA) is 78.4 Å². The number of carbonyl (C=O) groups excluding carboxylic acids is 1. The van der Waals surface area contributed by atoms with Gasteiger partial charge in [0.1, 0.15) is 6.04 Å². The van der Waals surface area contributed by atoms with Crippen LogP contribution in [0.25, 0.3) is 0 Å². The molecule has 3 N–H and O–H groups in total. The van der Waals surface area contributed by atoms with Gasteiger partial charge in [0.15, 0.2) is 0 Å². The number of hydrogen-bond donors (Lipinski definition) is 3. The lowest BCUT2D eigenvalue weighted by atomic mass is 10.0. The van der Waals surface area contributed by atoms with E-state index < -0.39 is 12.0 Å². The van der Waals surface area contributed by atoms with E-state index in [1.165, 1.54) is 0 Å². The first-order valence-electron chi connectivity index (χ1n) is 6.57. The van der Waals surface area contributed by atoms with Crippen LogP contribution in [0.4, 0.5) is 11.4 Å². The van der Waals surface area contributed by atoms with E-state index in [-0.39, 0.29) is 11.5 Å². The highest BCUT2D eigenvalue weighted by atomic mass is 16.4. The minimum absolute atomic E-state index is 0.142. The van der Waals surface area contributed by atoms with Gasteiger partial charge < -0.3 is 15.7 Å². The van der Waals surface area contributed by atoms with Crippen LogP contribution in [0, 0.1) is 6.92 Å². The summed E-state index contributed by atoms with van der Waals surface area (Å²) in [7, 11) is 0. The average Bonchev–Trinajstić information content (AvgIpc) is 2.77. The Balaban J connectivity index is 1.96. The molecule has 1 aliphatic heterocycles. The Kier molecular flexibility index (Phi) is 3.10. The minimum atomic E-state index is -0.979. The van der Waals surface area contributed by atoms with Crippen LogP contribution in [0.2, 0.25) is 0 Å². The summed E-state index contributed by atoms with van der Waals surface area (Å²) in [4.78, 5) is 23.2. The molecule has 5 heteroatoms. The third kappa shape index (κ3) is 2.23. The Labute approximate surface area is 121 Å². The van der Waals surface area contributed by atoms with Crippen molar-refractivity contribution in [3.63, 3.8) is 0 Å². The predicted octanol–water partition coefficient (Wildman–Crippen LogP) is 2.80. The van der Waals surface area contributed by atoms with E-state index in [4.69, 9.17) is 5.11 Å². The Morgan fingerprint density at radius 1 is 1.19 bits per heavy atom. The molecular weight excluding hydrogens is 268 g/mol. The number of amides is 1. The van der Waals surface area contributed by atoms with Crippen molar-refractivity contribution in [1.82, 2.24) is 0 Å². The average molecular weight is 282 g/mol. The summed E-state index contributed by atoms with van der Waals surface area (Å²) in [6, 6.07) is 11.9. The molecule has 1 atom stereocenters. The molecule has 1 aliphatic rings. The number of fused-ring (bicyclic) bond motifs is 1. The molecule has 0 aliphatic carbocycles. The fourth-order valence-electron chi connectivity index (χ4n) is 2.53. The molecule has 0 spiro atoms. The number of carbonyl (C=O) groups is 2. The second-order valence-corrected chi connectivity index (χ2v) is 4.94. The fraction of sp³-hybridized carbons (Fsp3) is 0.125. The number of carboxylic acids is 1. The van der Waals surface area contributed by atoms with Gasteiger partial charge in [-0.3, -0.25) is 4.79 Å². The van der Waals surface area contributed by atoms with Crippen LogP contribution in [0.15, 0.2) is 42.5 Å². The molecule has 0 saturated heterocycles. The van der Waals surface area contributed by atoms with E-state index >= 15 is 0 Å². The molecule has 1 heterocycles. The van der Waals surface area contributed by atoms with Gasteiger partial charge >= 0.3 is 5.97 Å². The first-order valence-corrected chi connectivity index (χ1v) is 6.57. The second kappa shape index (κ2) is 4.94. The highest BCUT2D eigenvalue weighted by Gasteiger charge is 2.30. The largest absolute Gasteiger partial charge is 0.478 e. The summed E-state index contributed by atoms with van der Waals surface area (Å²) in [6.45, 7) is 1.73. The molecule has 5 nitrogen and oxygen atoms in total. The third-order valence-corrected chi connectivity index (χ3v) is 3.66. The van der Waals surface area contributed by atoms with Crippen molar-refractivity contribution in [2.24, 2.45) is 0 Å². The summed E-state index contributed by atoms with van der Waals surface area (Å²) in [5, 5.41) is 15.1. The Morgan fingerprint density at radius 3 is 2.71 bits per heavy atom. The number of benzene rings is 2. The quantitative estimate of drug-likeness (QED) is 0.809. The predicted molar refractivity (Wildman–Crippen MR) is 79.6 cm³/mol. The van der Waals surface area contributed by atoms with E-state index in [0.717, 1.165) is 11.3 Å². The Hall–Kier alpha value is -2.82. The van der Waals surface area contributed by atoms with Crippen LogP contribution in [0.5, 0.6) is 0 Å². The minimum Gasteiger partial charge on any atom is -0.478 e. The zero-order valence-electron chi connectivity index (χ0n) is 11.4. The summed E-state index contributed by atoms with van der Waals surface area (Å²) >= 11 is 0. The van der Waals surface area contributed by atoms with Gasteiger partial charge in [-0.2, -0.15) is 0 Å². The smallest absolute Gasteiger partial charge is 0.336 e. The van der Waals surface area contributed by atoms with Gasteiger partial charge in [0.2, 0.25) is 0 Å². The highest BCUT2D eigenvalue weighted by molar-refractivity contribution is 6.04. The van der Waals surface area contributed by atoms with Crippen molar-refractivity contribution in [3.8, 4) is 0 Å². The number of aromatic carboxylic acids is 1. The number of rotatable bonds is 3. The van der Waals surface area contributed by atoms with Gasteiger partial charge in [0, 0.05) is 16.9 Å². The maximum Gasteiger partial charge on any atom is 0.336 e. The van der Waals surface area contributed by atoms with Crippen LogP contribution in [-0.4, -0.2) is 17.0 Å². The van der Waals surface area contributed by atoms with Gasteiger partial charge in [0.25, 0.3) is 5.91 Å². The van der Waals surface area contributed by atoms with E-state index in [1.54, 1.807) is 25.1 Å². The maximum atomic E-state index is 12.1. The Morgan fingerprint density at radius 2 is 1.95 bits per heavy atom. The molecule has 3 rings (SSSR count). The van der Waals surface area contributed by atoms with Crippen LogP contribution in [0.1, 0.15) is 27.5 Å². The molecule has 2 aromatic rings. The molecular formula is C16H14N2O3. The van der Waals surface area contributed by atoms with Gasteiger partial charge in [-0.05, 0) is 30.7 Å². The van der Waals surface area contributed by atoms with Crippen LogP contribution in [0.3, 0.4) is 0 Å². The number of nitrogens with one attached hydrogen (secondary N) is 2. The van der Waals surface area contributed by atoms with Crippen LogP contribution in [-0.2, 0) is 4.79 Å². The van der Waals surface area contributed by atoms with Gasteiger partial charge in [-0.25, -0.2) is 4.79 Å². The molecule has 0 fully saturated rings. The van der Waals surface area contributed by atoms with Crippen LogP contribution >= 0.6 is 0 Å². The van der Waals surface area contributed by atoms with Crippen molar-refractivity contribution in [2.75, 3.05) is 10.6 Å². The zero-order chi connectivity index (χ0) is 15.0. The number of carboxylic acid groups (broad SMARTS) is 1. The molecule has 1 amide bonds. The van der Waals surface area contributed by atoms with Crippen molar-refractivity contribution in [1.29, 1.82) is 0 Å². The Bertz CT molecular complexity index is 740. The normalized spacial score (nSPS) is 16.2. The first kappa shape index (κ1) is 13.2. The second-order valence-electron chi connectivity index (χ2n) is 4.94. The highest BCUT2D eigenvalue weighted by Crippen LogP contribution is 2.34. The zero-order valence-corrected chi connectivity index (χ0v) is 11.4. The lowest BCUT2D eigenvalue weighted by Crippen LogP contribution is -2.20. The molecule has 0 bridgehead atoms. The number of para-hydroxylation sites is 1. The fourth-order valence-corrected chi connectivity index (χ4v) is 2.53. The lowest BCUT2D eigenvalue weighted by molar-refractivity contribution is -0.116. The molecule has 1 unspecified atom stereocenters. The van der Waals surface area contributed by atoms with Crippen molar-refractivity contribution in [2.45, 2.75) is 13.0 Å². The van der Waals surface area contributed by atoms with Gasteiger partial charge in [-0.1, -0.05) is 24.3 Å². The monoisotopic (exact) mass is 282 g/mol. The van der Waals surface area contributed by atoms with E-state index in [9.17, 15) is 9.59 Å². The molecule has 0 aromatic heterocycles. The van der Waals surface area contributed by atoms with E-state index in [2.05, 4.69) is 10.6 Å². The number of anilines is 2. The standard InChI is InChI=1S/C16H14N2O3/c1-9-10(16(20)21)6-4-8-12(9)17-14-11-5-2-3-7-13(11)18-15(14)19/h2-8,14,17H,1H3,(H,18,19)(H,20,21). The van der Waals surface area contributed by atoms with E-state index in [0.29, 0.717) is 11.3 Å². The molecule has 0 saturated carbocycles. The van der Waals surface area contributed by atoms with Crippen molar-refractivity contribution < 1.29 is 14.7 Å². The molecule has 21 heavy (non-hydrogen) atoms. The molecule has 2 aromatic carbocycles. The molecule has 0 radical (unpaired) electrons. The summed E-state index contributed by atoms with van der Waals surface area (Å²) in [5.41, 5.74) is 3.13. The third-order valence-electron chi connectivity index (χ3n) is 3.66. The maximum absolute atomic E-state index is 12.1. The summed E-state index contributed by atoms with van der Waals surface area (Å²) in [6.07, 6.45) is 0. The summed E-state index contributed by atoms with van der Waals surface area (Å²) < 4.78 is 0. The van der Waals surface area contributed by atoms with Gasteiger partial charge in [-0.15, -0.1) is 0 Å². The first-order chi connectivity index (χ1) is 10.1. The van der Waals surface area contributed by atoms with Gasteiger partial charge in [0.05, 0.1) is 5.56 Å². The molecule has 106 valence electrons. The SMILES string of the molecule is Cc1c(NC2C(=O)Nc3ccccc32)cccc1C(=O)O. The van der Waals surface area contributed by atoms with E-state index in [1.807, 2.05) is 24.3 Å². The van der Waals surface area contributed by atoms with Crippen LogP contribution < -0.4 is 10.6 Å². The van der Waals surface area contributed by atoms with Crippen molar-refractivity contribution >= 4 is 23.3 Å². The lowest BCUT2D eigenvalue weighted by Gasteiger charge is -2.16.